The molecular formula is C21H15ClN2O. The van der Waals surface area contributed by atoms with Crippen molar-refractivity contribution in [2.24, 2.45) is 0 Å². The van der Waals surface area contributed by atoms with Crippen molar-refractivity contribution in [1.82, 2.24) is 9.97 Å². The quantitative estimate of drug-likeness (QED) is 0.482. The summed E-state index contributed by atoms with van der Waals surface area (Å²) in [6.07, 6.45) is 0. The maximum atomic E-state index is 6.17. The molecule has 1 heterocycles. The number of halogens is 1. The van der Waals surface area contributed by atoms with E-state index in [2.05, 4.69) is 0 Å². The highest BCUT2D eigenvalue weighted by atomic mass is 35.5. The molecule has 0 spiro atoms. The van der Waals surface area contributed by atoms with Crippen molar-refractivity contribution < 1.29 is 4.74 Å². The van der Waals surface area contributed by atoms with Gasteiger partial charge in [-0.05, 0) is 24.3 Å². The molecular weight excluding hydrogens is 332 g/mol. The molecule has 4 rings (SSSR count). The van der Waals surface area contributed by atoms with Gasteiger partial charge in [0, 0.05) is 11.1 Å². The van der Waals surface area contributed by atoms with Crippen molar-refractivity contribution in [1.29, 1.82) is 0 Å². The highest BCUT2D eigenvalue weighted by Gasteiger charge is 2.14. The van der Waals surface area contributed by atoms with Crippen molar-refractivity contribution in [2.75, 3.05) is 7.11 Å². The van der Waals surface area contributed by atoms with E-state index in [0.29, 0.717) is 10.8 Å². The van der Waals surface area contributed by atoms with E-state index in [0.717, 1.165) is 33.5 Å². The first-order valence-corrected chi connectivity index (χ1v) is 8.30. The zero-order valence-electron chi connectivity index (χ0n) is 13.6. The Morgan fingerprint density at radius 1 is 0.720 bits per heavy atom. The smallest absolute Gasteiger partial charge is 0.138 e. The molecule has 0 aliphatic rings. The second-order valence-corrected chi connectivity index (χ2v) is 6.03. The highest BCUT2D eigenvalue weighted by Crippen LogP contribution is 2.35. The number of hydrogen-bond donors (Lipinski definition) is 0. The lowest BCUT2D eigenvalue weighted by Gasteiger charge is -2.12. The Morgan fingerprint density at radius 3 is 1.96 bits per heavy atom. The summed E-state index contributed by atoms with van der Waals surface area (Å²) in [4.78, 5) is 9.73. The SMILES string of the molecule is COc1cc(-c2nc3ccccc3nc2-c2ccccc2)ccc1Cl. The molecule has 3 aromatic carbocycles. The molecule has 0 unspecified atom stereocenters. The summed E-state index contributed by atoms with van der Waals surface area (Å²) in [5.74, 6) is 0.619. The fourth-order valence-corrected chi connectivity index (χ4v) is 3.00. The summed E-state index contributed by atoms with van der Waals surface area (Å²) >= 11 is 6.17. The summed E-state index contributed by atoms with van der Waals surface area (Å²) in [5.41, 5.74) is 5.30. The lowest BCUT2D eigenvalue weighted by atomic mass is 10.0. The minimum Gasteiger partial charge on any atom is -0.495 e. The maximum Gasteiger partial charge on any atom is 0.138 e. The molecule has 0 saturated carbocycles. The molecule has 0 aliphatic heterocycles. The number of rotatable bonds is 3. The highest BCUT2D eigenvalue weighted by molar-refractivity contribution is 6.32. The van der Waals surface area contributed by atoms with Crippen molar-refractivity contribution in [3.8, 4) is 28.3 Å². The average molecular weight is 347 g/mol. The molecule has 4 aromatic rings. The topological polar surface area (TPSA) is 35.0 Å². The standard InChI is InChI=1S/C21H15ClN2O/c1-25-19-13-15(11-12-16(19)22)21-20(14-7-3-2-4-8-14)23-17-9-5-6-10-18(17)24-21/h2-13H,1H3. The lowest BCUT2D eigenvalue weighted by Crippen LogP contribution is -1.96. The molecule has 0 radical (unpaired) electrons. The second kappa shape index (κ2) is 6.54. The van der Waals surface area contributed by atoms with E-state index in [9.17, 15) is 0 Å². The van der Waals surface area contributed by atoms with Crippen molar-refractivity contribution in [2.45, 2.75) is 0 Å². The molecule has 4 heteroatoms. The van der Waals surface area contributed by atoms with E-state index in [1.807, 2.05) is 72.8 Å². The van der Waals surface area contributed by atoms with Crippen LogP contribution in [0.4, 0.5) is 0 Å². The lowest BCUT2D eigenvalue weighted by molar-refractivity contribution is 0.415. The third-order valence-electron chi connectivity index (χ3n) is 4.04. The number of benzene rings is 3. The fraction of sp³-hybridized carbons (Fsp3) is 0.0476. The number of para-hydroxylation sites is 2. The van der Waals surface area contributed by atoms with E-state index >= 15 is 0 Å². The van der Waals surface area contributed by atoms with Gasteiger partial charge in [0.1, 0.15) is 5.75 Å². The minimum absolute atomic E-state index is 0.571. The van der Waals surface area contributed by atoms with E-state index in [1.165, 1.54) is 0 Å². The van der Waals surface area contributed by atoms with Gasteiger partial charge in [-0.3, -0.25) is 0 Å². The first kappa shape index (κ1) is 15.6. The largest absolute Gasteiger partial charge is 0.495 e. The third-order valence-corrected chi connectivity index (χ3v) is 4.35. The number of aromatic nitrogens is 2. The van der Waals surface area contributed by atoms with Gasteiger partial charge in [-0.25, -0.2) is 9.97 Å². The van der Waals surface area contributed by atoms with E-state index < -0.39 is 0 Å². The zero-order chi connectivity index (χ0) is 17.2. The number of fused-ring (bicyclic) bond motifs is 1. The fourth-order valence-electron chi connectivity index (χ4n) is 2.81. The van der Waals surface area contributed by atoms with Crippen LogP contribution in [0.2, 0.25) is 5.02 Å². The van der Waals surface area contributed by atoms with Gasteiger partial charge in [-0.2, -0.15) is 0 Å². The van der Waals surface area contributed by atoms with E-state index in [1.54, 1.807) is 7.11 Å². The molecule has 25 heavy (non-hydrogen) atoms. The molecule has 0 bridgehead atoms. The Labute approximate surface area is 150 Å². The average Bonchev–Trinajstić information content (AvgIpc) is 2.68. The Hall–Kier alpha value is -2.91. The van der Waals surface area contributed by atoms with Gasteiger partial charge < -0.3 is 4.74 Å². The molecule has 0 amide bonds. The zero-order valence-corrected chi connectivity index (χ0v) is 14.4. The number of hydrogen-bond acceptors (Lipinski definition) is 3. The minimum atomic E-state index is 0.571. The number of methoxy groups -OCH3 is 1. The normalized spacial score (nSPS) is 10.8. The molecule has 0 fully saturated rings. The van der Waals surface area contributed by atoms with Crippen LogP contribution in [0.3, 0.4) is 0 Å². The Balaban J connectivity index is 2.01. The summed E-state index contributed by atoms with van der Waals surface area (Å²) in [5, 5.41) is 0.571. The second-order valence-electron chi connectivity index (χ2n) is 5.62. The van der Waals surface area contributed by atoms with Crippen LogP contribution in [0.5, 0.6) is 5.75 Å². The van der Waals surface area contributed by atoms with Gasteiger partial charge in [0.25, 0.3) is 0 Å². The summed E-state index contributed by atoms with van der Waals surface area (Å²) < 4.78 is 5.36. The van der Waals surface area contributed by atoms with Crippen LogP contribution in [0.15, 0.2) is 72.8 Å². The molecule has 0 saturated heterocycles. The summed E-state index contributed by atoms with van der Waals surface area (Å²) in [7, 11) is 1.61. The summed E-state index contributed by atoms with van der Waals surface area (Å²) in [6, 6.07) is 23.6. The van der Waals surface area contributed by atoms with Crippen LogP contribution in [0.25, 0.3) is 33.5 Å². The van der Waals surface area contributed by atoms with Crippen LogP contribution in [0.1, 0.15) is 0 Å². The first-order valence-electron chi connectivity index (χ1n) is 7.92. The Morgan fingerprint density at radius 2 is 1.32 bits per heavy atom. The van der Waals surface area contributed by atoms with Crippen LogP contribution < -0.4 is 4.74 Å². The van der Waals surface area contributed by atoms with Gasteiger partial charge in [0.15, 0.2) is 0 Å². The number of ether oxygens (including phenoxy) is 1. The molecule has 3 nitrogen and oxygen atoms in total. The van der Waals surface area contributed by atoms with Crippen LogP contribution >= 0.6 is 11.6 Å². The predicted octanol–water partition coefficient (Wildman–Crippen LogP) is 5.63. The van der Waals surface area contributed by atoms with E-state index in [4.69, 9.17) is 26.3 Å². The van der Waals surface area contributed by atoms with Gasteiger partial charge in [-0.1, -0.05) is 60.1 Å². The van der Waals surface area contributed by atoms with Crippen molar-refractivity contribution in [3.63, 3.8) is 0 Å². The Kier molecular flexibility index (Phi) is 4.08. The molecule has 1 aromatic heterocycles. The first-order chi connectivity index (χ1) is 12.3. The van der Waals surface area contributed by atoms with Crippen LogP contribution in [-0.4, -0.2) is 17.1 Å². The van der Waals surface area contributed by atoms with Crippen LogP contribution in [-0.2, 0) is 0 Å². The van der Waals surface area contributed by atoms with Crippen molar-refractivity contribution in [3.05, 3.63) is 77.8 Å². The van der Waals surface area contributed by atoms with Gasteiger partial charge in [0.05, 0.1) is 34.6 Å². The van der Waals surface area contributed by atoms with Gasteiger partial charge in [0.2, 0.25) is 0 Å². The summed E-state index contributed by atoms with van der Waals surface area (Å²) in [6.45, 7) is 0. The number of nitrogens with zero attached hydrogens (tertiary/aromatic N) is 2. The van der Waals surface area contributed by atoms with Gasteiger partial charge in [-0.15, -0.1) is 0 Å². The van der Waals surface area contributed by atoms with Gasteiger partial charge >= 0.3 is 0 Å². The molecule has 122 valence electrons. The Bertz CT molecular complexity index is 1050. The van der Waals surface area contributed by atoms with E-state index in [-0.39, 0.29) is 0 Å². The molecule has 0 N–H and O–H groups in total. The third kappa shape index (κ3) is 2.94. The molecule has 0 atom stereocenters. The monoisotopic (exact) mass is 346 g/mol. The maximum absolute atomic E-state index is 6.17. The molecule has 0 aliphatic carbocycles. The van der Waals surface area contributed by atoms with Crippen LogP contribution in [0, 0.1) is 0 Å². The predicted molar refractivity (Wildman–Crippen MR) is 102 cm³/mol. The van der Waals surface area contributed by atoms with Crippen molar-refractivity contribution >= 4 is 22.6 Å².